The molecule has 6 rings (SSSR count). The molecule has 45 heavy (non-hydrogen) atoms. The molecule has 0 bridgehead atoms. The van der Waals surface area contributed by atoms with E-state index in [-0.39, 0.29) is 29.8 Å². The third-order valence-corrected chi connectivity index (χ3v) is 8.60. The molecule has 0 spiro atoms. The molecule has 0 aliphatic carbocycles. The quantitative estimate of drug-likeness (QED) is 0.315. The first-order valence-corrected chi connectivity index (χ1v) is 14.8. The Labute approximate surface area is 259 Å². The maximum Gasteiger partial charge on any atom is 0.259 e. The normalized spacial score (nSPS) is 19.4. The maximum atomic E-state index is 16.1. The number of anilines is 2. The van der Waals surface area contributed by atoms with Gasteiger partial charge >= 0.3 is 0 Å². The summed E-state index contributed by atoms with van der Waals surface area (Å²) >= 11 is 0. The Balaban J connectivity index is 1.13. The Bertz CT molecular complexity index is 1770. The van der Waals surface area contributed by atoms with Gasteiger partial charge in [-0.15, -0.1) is 0 Å². The van der Waals surface area contributed by atoms with E-state index in [9.17, 15) is 18.8 Å². The van der Waals surface area contributed by atoms with Gasteiger partial charge < -0.3 is 4.90 Å². The van der Waals surface area contributed by atoms with Gasteiger partial charge in [-0.25, -0.2) is 8.78 Å². The number of nitrogens with one attached hydrogen (secondary N) is 1. The lowest BCUT2D eigenvalue weighted by atomic mass is 9.97. The van der Waals surface area contributed by atoms with Crippen LogP contribution in [-0.4, -0.2) is 54.8 Å². The lowest BCUT2D eigenvalue weighted by Crippen LogP contribution is -2.53. The molecule has 3 heterocycles. The van der Waals surface area contributed by atoms with Gasteiger partial charge in [-0.1, -0.05) is 43.0 Å². The van der Waals surface area contributed by atoms with Crippen LogP contribution in [0.5, 0.6) is 0 Å². The predicted molar refractivity (Wildman–Crippen MR) is 166 cm³/mol. The van der Waals surface area contributed by atoms with Crippen LogP contribution in [0.2, 0.25) is 0 Å². The summed E-state index contributed by atoms with van der Waals surface area (Å²) in [6.45, 7) is 7.26. The lowest BCUT2D eigenvalue weighted by molar-refractivity contribution is -0.135. The standard InChI is InChI=1S/C35H31F2N5O3/c1-2-3-26-32-29(42(35(26)45)30-12-13-31(43)39-34(30)44)11-9-25(33(32)37)18-22-4-6-23(7-5-22)21-40-14-16-41(17-15-40)28-10-8-24(20-38)19-27(28)36/h2-11,19,30H,1,12-18,21H2,(H,39,43,44)/b26-3+. The van der Waals surface area contributed by atoms with Crippen LogP contribution >= 0.6 is 0 Å². The van der Waals surface area contributed by atoms with E-state index in [0.29, 0.717) is 42.0 Å². The van der Waals surface area contributed by atoms with Gasteiger partial charge in [-0.3, -0.25) is 29.5 Å². The van der Waals surface area contributed by atoms with Crippen molar-refractivity contribution in [2.75, 3.05) is 36.0 Å². The molecule has 2 fully saturated rings. The second kappa shape index (κ2) is 12.5. The molecule has 228 valence electrons. The summed E-state index contributed by atoms with van der Waals surface area (Å²) in [6.07, 6.45) is 3.44. The minimum Gasteiger partial charge on any atom is -0.367 e. The molecular weight excluding hydrogens is 576 g/mol. The van der Waals surface area contributed by atoms with Crippen molar-refractivity contribution in [1.29, 1.82) is 5.26 Å². The molecule has 0 saturated carbocycles. The van der Waals surface area contributed by atoms with Crippen LogP contribution in [-0.2, 0) is 27.3 Å². The summed E-state index contributed by atoms with van der Waals surface area (Å²) in [6, 6.07) is 16.9. The largest absolute Gasteiger partial charge is 0.367 e. The summed E-state index contributed by atoms with van der Waals surface area (Å²) in [5, 5.41) is 11.3. The molecule has 1 atom stereocenters. The van der Waals surface area contributed by atoms with Crippen LogP contribution in [0, 0.1) is 23.0 Å². The predicted octanol–water partition coefficient (Wildman–Crippen LogP) is 4.47. The van der Waals surface area contributed by atoms with Crippen molar-refractivity contribution in [1.82, 2.24) is 10.2 Å². The Morgan fingerprint density at radius 2 is 1.67 bits per heavy atom. The number of piperazine rings is 1. The van der Waals surface area contributed by atoms with E-state index in [2.05, 4.69) is 16.8 Å². The Morgan fingerprint density at radius 1 is 0.956 bits per heavy atom. The zero-order valence-electron chi connectivity index (χ0n) is 24.6. The fraction of sp³-hybridized carbons (Fsp3) is 0.257. The highest BCUT2D eigenvalue weighted by molar-refractivity contribution is 6.34. The Hall–Kier alpha value is -5.14. The highest BCUT2D eigenvalue weighted by Gasteiger charge is 2.43. The van der Waals surface area contributed by atoms with Crippen LogP contribution in [0.3, 0.4) is 0 Å². The highest BCUT2D eigenvalue weighted by Crippen LogP contribution is 2.42. The van der Waals surface area contributed by atoms with Gasteiger partial charge in [0.15, 0.2) is 0 Å². The summed E-state index contributed by atoms with van der Waals surface area (Å²) in [4.78, 5) is 43.2. The number of carbonyl (C=O) groups is 3. The second-order valence-corrected chi connectivity index (χ2v) is 11.4. The first-order chi connectivity index (χ1) is 21.8. The number of hydrogen-bond donors (Lipinski definition) is 1. The van der Waals surface area contributed by atoms with Crippen molar-refractivity contribution in [2.24, 2.45) is 0 Å². The molecule has 2 saturated heterocycles. The third kappa shape index (κ3) is 5.87. The zero-order valence-corrected chi connectivity index (χ0v) is 24.6. The number of hydrogen-bond acceptors (Lipinski definition) is 6. The smallest absolute Gasteiger partial charge is 0.259 e. The molecular formula is C35H31F2N5O3. The summed E-state index contributed by atoms with van der Waals surface area (Å²) < 4.78 is 30.5. The fourth-order valence-corrected chi connectivity index (χ4v) is 6.28. The molecule has 3 aliphatic rings. The van der Waals surface area contributed by atoms with E-state index in [1.165, 1.54) is 23.1 Å². The molecule has 1 unspecified atom stereocenters. The average Bonchev–Trinajstić information content (AvgIpc) is 3.31. The molecule has 8 nitrogen and oxygen atoms in total. The van der Waals surface area contributed by atoms with Crippen LogP contribution in [0.4, 0.5) is 20.2 Å². The number of fused-ring (bicyclic) bond motifs is 1. The van der Waals surface area contributed by atoms with Crippen molar-refractivity contribution in [3.63, 3.8) is 0 Å². The fourth-order valence-electron chi connectivity index (χ4n) is 6.28. The Morgan fingerprint density at radius 3 is 2.33 bits per heavy atom. The number of allylic oxidation sites excluding steroid dienone is 2. The number of halogens is 2. The number of imide groups is 1. The van der Waals surface area contributed by atoms with Crippen LogP contribution in [0.15, 0.2) is 73.3 Å². The number of rotatable bonds is 7. The van der Waals surface area contributed by atoms with Gasteiger partial charge in [0.25, 0.3) is 5.91 Å². The van der Waals surface area contributed by atoms with Crippen LogP contribution in [0.25, 0.3) is 5.57 Å². The average molecular weight is 608 g/mol. The topological polar surface area (TPSA) is 96.8 Å². The summed E-state index contributed by atoms with van der Waals surface area (Å²) in [5.41, 5.74) is 3.81. The zero-order chi connectivity index (χ0) is 31.7. The van der Waals surface area contributed by atoms with Crippen molar-refractivity contribution in [3.05, 3.63) is 113 Å². The monoisotopic (exact) mass is 607 g/mol. The van der Waals surface area contributed by atoms with E-state index < -0.39 is 29.6 Å². The first kappa shape index (κ1) is 29.9. The number of carbonyl (C=O) groups excluding carboxylic acids is 3. The summed E-state index contributed by atoms with van der Waals surface area (Å²) in [7, 11) is 0. The molecule has 3 aromatic carbocycles. The number of benzene rings is 3. The SMILES string of the molecule is C=C/C=C1/C(=O)N(C2CCC(=O)NC2=O)c2ccc(Cc3ccc(CN4CCN(c5ccc(C#N)cc5F)CC4)cc3)c(F)c21. The van der Waals surface area contributed by atoms with Gasteiger partial charge in [0.05, 0.1) is 28.6 Å². The minimum atomic E-state index is -0.900. The van der Waals surface area contributed by atoms with E-state index in [0.717, 1.165) is 30.8 Å². The van der Waals surface area contributed by atoms with E-state index in [1.807, 2.05) is 35.2 Å². The Kier molecular flexibility index (Phi) is 8.28. The minimum absolute atomic E-state index is 0.0986. The maximum absolute atomic E-state index is 16.1. The van der Waals surface area contributed by atoms with Gasteiger partial charge in [-0.05, 0) is 53.5 Å². The van der Waals surface area contributed by atoms with Crippen molar-refractivity contribution >= 4 is 34.7 Å². The van der Waals surface area contributed by atoms with Gasteiger partial charge in [0.2, 0.25) is 11.8 Å². The van der Waals surface area contributed by atoms with Crippen molar-refractivity contribution < 1.29 is 23.2 Å². The van der Waals surface area contributed by atoms with Gasteiger partial charge in [0.1, 0.15) is 17.7 Å². The number of piperidine rings is 1. The molecule has 0 aromatic heterocycles. The van der Waals surface area contributed by atoms with Crippen LogP contribution in [0.1, 0.15) is 40.7 Å². The van der Waals surface area contributed by atoms with Gasteiger partial charge in [0, 0.05) is 51.1 Å². The molecule has 0 radical (unpaired) electrons. The molecule has 3 aromatic rings. The van der Waals surface area contributed by atoms with E-state index in [1.54, 1.807) is 24.3 Å². The van der Waals surface area contributed by atoms with E-state index >= 15 is 4.39 Å². The second-order valence-electron chi connectivity index (χ2n) is 11.4. The van der Waals surface area contributed by atoms with Gasteiger partial charge in [-0.2, -0.15) is 5.26 Å². The number of nitriles is 1. The molecule has 1 N–H and O–H groups in total. The molecule has 3 amide bonds. The molecule has 3 aliphatic heterocycles. The van der Waals surface area contributed by atoms with Crippen molar-refractivity contribution in [3.8, 4) is 6.07 Å². The van der Waals surface area contributed by atoms with E-state index in [4.69, 9.17) is 5.26 Å². The third-order valence-electron chi connectivity index (χ3n) is 8.60. The number of nitrogens with zero attached hydrogens (tertiary/aromatic N) is 4. The first-order valence-electron chi connectivity index (χ1n) is 14.8. The van der Waals surface area contributed by atoms with Crippen molar-refractivity contribution in [2.45, 2.75) is 31.8 Å². The highest BCUT2D eigenvalue weighted by atomic mass is 19.1. The number of amides is 3. The summed E-state index contributed by atoms with van der Waals surface area (Å²) in [5.74, 6) is -2.37. The molecule has 10 heteroatoms. The van der Waals surface area contributed by atoms with Crippen LogP contribution < -0.4 is 15.1 Å². The lowest BCUT2D eigenvalue weighted by Gasteiger charge is -2.36.